The van der Waals surface area contributed by atoms with Crippen molar-refractivity contribution in [2.75, 3.05) is 0 Å². The van der Waals surface area contributed by atoms with Crippen LogP contribution >= 0.6 is 15.9 Å². The molecule has 0 bridgehead atoms. The number of nitrogens with one attached hydrogen (secondary N) is 1. The molecule has 0 fully saturated rings. The molecule has 0 aliphatic heterocycles. The first kappa shape index (κ1) is 15.1. The van der Waals surface area contributed by atoms with E-state index in [0.717, 1.165) is 12.1 Å². The van der Waals surface area contributed by atoms with Gasteiger partial charge in [0.2, 0.25) is 10.0 Å². The van der Waals surface area contributed by atoms with E-state index in [1.807, 2.05) is 0 Å². The summed E-state index contributed by atoms with van der Waals surface area (Å²) in [5, 5.41) is 7.54. The summed E-state index contributed by atoms with van der Waals surface area (Å²) in [6, 6.07) is 2.82. The number of halogens is 2. The van der Waals surface area contributed by atoms with Gasteiger partial charge in [0.05, 0.1) is 10.9 Å². The fourth-order valence-electron chi connectivity index (χ4n) is 1.73. The predicted octanol–water partition coefficient (Wildman–Crippen LogP) is 1.76. The van der Waals surface area contributed by atoms with Gasteiger partial charge in [-0.15, -0.1) is 10.2 Å². The molecule has 2 aromatic rings. The van der Waals surface area contributed by atoms with Gasteiger partial charge in [0.15, 0.2) is 0 Å². The summed E-state index contributed by atoms with van der Waals surface area (Å²) in [6.45, 7) is 1.65. The maximum atomic E-state index is 13.0. The zero-order valence-corrected chi connectivity index (χ0v) is 13.1. The summed E-state index contributed by atoms with van der Waals surface area (Å²) in [5.41, 5.74) is 0. The van der Waals surface area contributed by atoms with Gasteiger partial charge in [-0.2, -0.15) is 0 Å². The van der Waals surface area contributed by atoms with Crippen molar-refractivity contribution in [1.29, 1.82) is 0 Å². The van der Waals surface area contributed by atoms with Gasteiger partial charge < -0.3 is 4.57 Å². The maximum Gasteiger partial charge on any atom is 0.242 e. The Morgan fingerprint density at radius 1 is 1.45 bits per heavy atom. The molecule has 0 spiro atoms. The number of hydrogen-bond donors (Lipinski definition) is 1. The lowest BCUT2D eigenvalue weighted by atomic mass is 10.3. The lowest BCUT2D eigenvalue weighted by molar-refractivity contribution is 0.552. The molecule has 0 aliphatic carbocycles. The second kappa shape index (κ2) is 5.58. The fourth-order valence-corrected chi connectivity index (χ4v) is 3.98. The molecule has 6 nitrogen and oxygen atoms in total. The number of hydrogen-bond acceptors (Lipinski definition) is 4. The summed E-state index contributed by atoms with van der Waals surface area (Å²) < 4.78 is 41.8. The average Bonchev–Trinajstić information content (AvgIpc) is 2.74. The molecule has 1 aromatic carbocycles. The molecule has 108 valence electrons. The first-order valence-electron chi connectivity index (χ1n) is 5.62. The molecule has 0 amide bonds. The van der Waals surface area contributed by atoms with Crippen molar-refractivity contribution in [1.82, 2.24) is 19.5 Å². The van der Waals surface area contributed by atoms with E-state index in [9.17, 15) is 12.8 Å². The van der Waals surface area contributed by atoms with Gasteiger partial charge >= 0.3 is 0 Å². The second-order valence-corrected chi connectivity index (χ2v) is 6.75. The van der Waals surface area contributed by atoms with Crippen molar-refractivity contribution in [3.63, 3.8) is 0 Å². The molecule has 1 atom stereocenters. The standard InChI is InChI=1S/C11H12BrFN4O2S/c1-7(11-15-14-6-17(11)2)16-20(18,19)10-4-3-8(13)5-9(10)12/h3-7,16H,1-2H3. The number of sulfonamides is 1. The lowest BCUT2D eigenvalue weighted by Gasteiger charge is -2.14. The zero-order valence-electron chi connectivity index (χ0n) is 10.7. The Labute approximate surface area is 124 Å². The largest absolute Gasteiger partial charge is 0.319 e. The summed E-state index contributed by atoms with van der Waals surface area (Å²) >= 11 is 3.04. The van der Waals surface area contributed by atoms with E-state index in [2.05, 4.69) is 30.8 Å². The Hall–Kier alpha value is -1.32. The number of aryl methyl sites for hydroxylation is 1. The first-order valence-corrected chi connectivity index (χ1v) is 7.90. The molecule has 1 N–H and O–H groups in total. The topological polar surface area (TPSA) is 76.9 Å². The number of aromatic nitrogens is 3. The van der Waals surface area contributed by atoms with Gasteiger partial charge in [0.1, 0.15) is 18.0 Å². The number of rotatable bonds is 4. The summed E-state index contributed by atoms with van der Waals surface area (Å²) in [6.07, 6.45) is 1.48. The van der Waals surface area contributed by atoms with Crippen molar-refractivity contribution in [3.05, 3.63) is 40.6 Å². The van der Waals surface area contributed by atoms with E-state index in [1.165, 1.54) is 12.4 Å². The molecule has 0 aliphatic rings. The van der Waals surface area contributed by atoms with Crippen molar-refractivity contribution in [3.8, 4) is 0 Å². The maximum absolute atomic E-state index is 13.0. The third-order valence-electron chi connectivity index (χ3n) is 2.65. The quantitative estimate of drug-likeness (QED) is 0.898. The summed E-state index contributed by atoms with van der Waals surface area (Å²) in [5.74, 6) is -0.0380. The molecule has 20 heavy (non-hydrogen) atoms. The van der Waals surface area contributed by atoms with Crippen LogP contribution in [0.1, 0.15) is 18.8 Å². The minimum atomic E-state index is -3.79. The van der Waals surface area contributed by atoms with Crippen LogP contribution < -0.4 is 4.72 Å². The van der Waals surface area contributed by atoms with E-state index in [1.54, 1.807) is 18.5 Å². The third-order valence-corrected chi connectivity index (χ3v) is 5.17. The normalized spacial score (nSPS) is 13.4. The molecule has 0 saturated carbocycles. The third kappa shape index (κ3) is 3.05. The van der Waals surface area contributed by atoms with Gasteiger partial charge in [-0.25, -0.2) is 17.5 Å². The minimum absolute atomic E-state index is 0.0343. The van der Waals surface area contributed by atoms with E-state index in [4.69, 9.17) is 0 Å². The van der Waals surface area contributed by atoms with Crippen LogP contribution in [-0.4, -0.2) is 23.2 Å². The van der Waals surface area contributed by atoms with E-state index >= 15 is 0 Å². The van der Waals surface area contributed by atoms with E-state index < -0.39 is 21.9 Å². The van der Waals surface area contributed by atoms with Gasteiger partial charge in [0.25, 0.3) is 0 Å². The Morgan fingerprint density at radius 2 is 2.15 bits per heavy atom. The summed E-state index contributed by atoms with van der Waals surface area (Å²) in [7, 11) is -2.08. The van der Waals surface area contributed by atoms with Crippen molar-refractivity contribution in [2.24, 2.45) is 7.05 Å². The van der Waals surface area contributed by atoms with Gasteiger partial charge in [-0.3, -0.25) is 0 Å². The smallest absolute Gasteiger partial charge is 0.242 e. The highest BCUT2D eigenvalue weighted by Gasteiger charge is 2.23. The van der Waals surface area contributed by atoms with Gasteiger partial charge in [0, 0.05) is 11.5 Å². The monoisotopic (exact) mass is 362 g/mol. The van der Waals surface area contributed by atoms with Crippen LogP contribution in [0.15, 0.2) is 33.9 Å². The Bertz CT molecular complexity index is 732. The Balaban J connectivity index is 2.30. The van der Waals surface area contributed by atoms with Crippen molar-refractivity contribution in [2.45, 2.75) is 17.9 Å². The first-order chi connectivity index (χ1) is 9.31. The van der Waals surface area contributed by atoms with Crippen LogP contribution in [0.25, 0.3) is 0 Å². The number of nitrogens with zero attached hydrogens (tertiary/aromatic N) is 3. The van der Waals surface area contributed by atoms with Crippen LogP contribution in [-0.2, 0) is 17.1 Å². The lowest BCUT2D eigenvalue weighted by Crippen LogP contribution is -2.28. The minimum Gasteiger partial charge on any atom is -0.319 e. The van der Waals surface area contributed by atoms with Crippen LogP contribution in [0.5, 0.6) is 0 Å². The predicted molar refractivity (Wildman–Crippen MR) is 73.8 cm³/mol. The molecule has 1 aromatic heterocycles. The van der Waals surface area contributed by atoms with Gasteiger partial charge in [-0.1, -0.05) is 0 Å². The molecule has 0 saturated heterocycles. The molecule has 0 radical (unpaired) electrons. The highest BCUT2D eigenvalue weighted by atomic mass is 79.9. The van der Waals surface area contributed by atoms with Crippen LogP contribution in [0.2, 0.25) is 0 Å². The van der Waals surface area contributed by atoms with E-state index in [-0.39, 0.29) is 9.37 Å². The highest BCUT2D eigenvalue weighted by molar-refractivity contribution is 9.10. The fraction of sp³-hybridized carbons (Fsp3) is 0.273. The van der Waals surface area contributed by atoms with Crippen LogP contribution in [0, 0.1) is 5.82 Å². The Morgan fingerprint density at radius 3 is 2.70 bits per heavy atom. The van der Waals surface area contributed by atoms with Crippen LogP contribution in [0.4, 0.5) is 4.39 Å². The van der Waals surface area contributed by atoms with Crippen molar-refractivity contribution >= 4 is 26.0 Å². The SMILES string of the molecule is CC(NS(=O)(=O)c1ccc(F)cc1Br)c1nncn1C. The molecular weight excluding hydrogens is 351 g/mol. The Kier molecular flexibility index (Phi) is 4.21. The van der Waals surface area contributed by atoms with Crippen LogP contribution in [0.3, 0.4) is 0 Å². The van der Waals surface area contributed by atoms with E-state index in [0.29, 0.717) is 5.82 Å². The number of benzene rings is 1. The molecule has 2 rings (SSSR count). The molecule has 1 unspecified atom stereocenters. The average molecular weight is 363 g/mol. The van der Waals surface area contributed by atoms with Gasteiger partial charge in [-0.05, 0) is 41.1 Å². The van der Waals surface area contributed by atoms with Crippen molar-refractivity contribution < 1.29 is 12.8 Å². The summed E-state index contributed by atoms with van der Waals surface area (Å²) in [4.78, 5) is -0.0343. The molecule has 1 heterocycles. The second-order valence-electron chi connectivity index (χ2n) is 4.22. The highest BCUT2D eigenvalue weighted by Crippen LogP contribution is 2.24. The molecule has 9 heteroatoms. The zero-order chi connectivity index (χ0) is 14.9. The molecular formula is C11H12BrFN4O2S.